The van der Waals surface area contributed by atoms with Crippen LogP contribution in [0.1, 0.15) is 102 Å². The van der Waals surface area contributed by atoms with Crippen molar-refractivity contribution >= 4 is 0 Å². The van der Waals surface area contributed by atoms with Crippen LogP contribution in [0, 0.1) is 13.8 Å². The quantitative estimate of drug-likeness (QED) is 0.821. The van der Waals surface area contributed by atoms with Gasteiger partial charge in [0.25, 0.3) is 0 Å². The minimum absolute atomic E-state index is 0.407. The van der Waals surface area contributed by atoms with Gasteiger partial charge in [-0.1, -0.05) is 38.1 Å². The second kappa shape index (κ2) is 8.40. The number of rotatable bonds is 4. The molecule has 0 fully saturated rings. The van der Waals surface area contributed by atoms with Crippen LogP contribution in [0.3, 0.4) is 0 Å². The first-order valence-corrected chi connectivity index (χ1v) is 8.91. The lowest BCUT2D eigenvalue weighted by Gasteiger charge is -2.07. The molecule has 2 heterocycles. The fourth-order valence-electron chi connectivity index (χ4n) is 2.75. The van der Waals surface area contributed by atoms with Crippen molar-refractivity contribution in [2.45, 2.75) is 93.2 Å². The second-order valence-corrected chi connectivity index (χ2v) is 7.51. The summed E-state index contributed by atoms with van der Waals surface area (Å²) in [5.41, 5.74) is 4.62. The summed E-state index contributed by atoms with van der Waals surface area (Å²) in [5, 5.41) is 16.5. The molecule has 0 radical (unpaired) electrons. The predicted octanol–water partition coefficient (Wildman–Crippen LogP) is 4.58. The number of hydrogen-bond acceptors (Lipinski definition) is 4. The van der Waals surface area contributed by atoms with Crippen LogP contribution in [0.25, 0.3) is 0 Å². The number of hydrogen-bond donors (Lipinski definition) is 0. The average Bonchev–Trinajstić information content (AvgIpc) is 3.02. The molecule has 0 saturated carbocycles. The summed E-state index contributed by atoms with van der Waals surface area (Å²) in [6.45, 7) is 21.2. The van der Waals surface area contributed by atoms with Crippen molar-refractivity contribution in [3.05, 3.63) is 22.8 Å². The first-order valence-electron chi connectivity index (χ1n) is 8.91. The van der Waals surface area contributed by atoms with Crippen molar-refractivity contribution < 1.29 is 0 Å². The lowest BCUT2D eigenvalue weighted by molar-refractivity contribution is 0.502. The van der Waals surface area contributed by atoms with Crippen LogP contribution in [0.2, 0.25) is 0 Å². The van der Waals surface area contributed by atoms with Gasteiger partial charge in [-0.05, 0) is 53.4 Å². The predicted molar refractivity (Wildman–Crippen MR) is 98.5 cm³/mol. The van der Waals surface area contributed by atoms with Gasteiger partial charge in [-0.25, -0.2) is 9.36 Å². The number of nitrogens with zero attached hydrogens (tertiary/aromatic N) is 6. The zero-order valence-corrected chi connectivity index (χ0v) is 17.0. The Kier molecular flexibility index (Phi) is 7.11. The number of aromatic nitrogens is 6. The minimum Gasteiger partial charge on any atom is -0.247 e. The van der Waals surface area contributed by atoms with Crippen LogP contribution >= 0.6 is 0 Å². The summed E-state index contributed by atoms with van der Waals surface area (Å²) in [6, 6.07) is 0.815. The molecule has 0 amide bonds. The van der Waals surface area contributed by atoms with Gasteiger partial charge in [-0.3, -0.25) is 0 Å². The van der Waals surface area contributed by atoms with E-state index in [0.29, 0.717) is 23.9 Å². The average molecular weight is 335 g/mol. The smallest absolute Gasteiger partial charge is 0.0881 e. The molecule has 0 aliphatic rings. The van der Waals surface area contributed by atoms with E-state index in [1.807, 2.05) is 9.36 Å². The first kappa shape index (κ1) is 20.3. The van der Waals surface area contributed by atoms with Crippen molar-refractivity contribution in [1.29, 1.82) is 0 Å². The molecule has 0 atom stereocenters. The maximum absolute atomic E-state index is 4.15. The maximum atomic E-state index is 4.15. The Balaban J connectivity index is 0.000000240. The molecule has 0 saturated heterocycles. The highest BCUT2D eigenvalue weighted by molar-refractivity contribution is 5.12. The normalized spacial score (nSPS) is 11.6. The maximum Gasteiger partial charge on any atom is 0.0881 e. The first-order chi connectivity index (χ1) is 11.1. The van der Waals surface area contributed by atoms with Crippen LogP contribution in [0.15, 0.2) is 0 Å². The molecule has 6 heteroatoms. The van der Waals surface area contributed by atoms with Crippen LogP contribution in [0.5, 0.6) is 0 Å². The van der Waals surface area contributed by atoms with E-state index in [2.05, 4.69) is 89.9 Å². The molecule has 0 aromatic carbocycles. The molecular formula is C18H34N6. The molecule has 2 aromatic rings. The molecule has 136 valence electrons. The van der Waals surface area contributed by atoms with E-state index in [1.54, 1.807) is 0 Å². The summed E-state index contributed by atoms with van der Waals surface area (Å²) in [6.07, 6.45) is 0. The Morgan fingerprint density at radius 3 is 1.00 bits per heavy atom. The zero-order chi connectivity index (χ0) is 18.6. The van der Waals surface area contributed by atoms with Crippen molar-refractivity contribution in [1.82, 2.24) is 30.0 Å². The highest BCUT2D eigenvalue weighted by Crippen LogP contribution is 2.18. The summed E-state index contributed by atoms with van der Waals surface area (Å²) in [4.78, 5) is 0. The van der Waals surface area contributed by atoms with E-state index in [1.165, 1.54) is 11.4 Å². The Labute approximate surface area is 146 Å². The largest absolute Gasteiger partial charge is 0.247 e. The van der Waals surface area contributed by atoms with Gasteiger partial charge in [-0.2, -0.15) is 0 Å². The Morgan fingerprint density at radius 1 is 0.583 bits per heavy atom. The van der Waals surface area contributed by atoms with Gasteiger partial charge >= 0.3 is 0 Å². The molecule has 0 unspecified atom stereocenters. The van der Waals surface area contributed by atoms with Crippen molar-refractivity contribution in [2.75, 3.05) is 0 Å². The minimum atomic E-state index is 0.407. The van der Waals surface area contributed by atoms with Gasteiger partial charge in [0.1, 0.15) is 0 Å². The molecule has 0 aliphatic carbocycles. The van der Waals surface area contributed by atoms with E-state index in [-0.39, 0.29) is 0 Å². The SMILES string of the molecule is Cc1c(C(C)C)nnn1C(C)C.Cc1c(C(C)C)nnn1C(C)C. The van der Waals surface area contributed by atoms with Gasteiger partial charge in [-0.15, -0.1) is 10.2 Å². The van der Waals surface area contributed by atoms with Crippen molar-refractivity contribution in [2.24, 2.45) is 0 Å². The second-order valence-electron chi connectivity index (χ2n) is 7.51. The third-order valence-electron chi connectivity index (χ3n) is 4.00. The van der Waals surface area contributed by atoms with Gasteiger partial charge in [0.15, 0.2) is 0 Å². The lowest BCUT2D eigenvalue weighted by Crippen LogP contribution is -2.05. The molecule has 6 nitrogen and oxygen atoms in total. The third kappa shape index (κ3) is 4.65. The van der Waals surface area contributed by atoms with E-state index in [9.17, 15) is 0 Å². The Bertz CT molecular complexity index is 527. The van der Waals surface area contributed by atoms with Gasteiger partial charge < -0.3 is 0 Å². The molecule has 0 bridgehead atoms. The molecule has 0 spiro atoms. The monoisotopic (exact) mass is 334 g/mol. The molecular weight excluding hydrogens is 300 g/mol. The van der Waals surface area contributed by atoms with E-state index in [0.717, 1.165) is 11.4 Å². The Morgan fingerprint density at radius 2 is 0.875 bits per heavy atom. The third-order valence-corrected chi connectivity index (χ3v) is 4.00. The van der Waals surface area contributed by atoms with E-state index >= 15 is 0 Å². The molecule has 2 aromatic heterocycles. The zero-order valence-electron chi connectivity index (χ0n) is 17.0. The van der Waals surface area contributed by atoms with Crippen molar-refractivity contribution in [3.8, 4) is 0 Å². The summed E-state index contributed by atoms with van der Waals surface area (Å²) in [7, 11) is 0. The highest BCUT2D eigenvalue weighted by Gasteiger charge is 2.13. The Hall–Kier alpha value is -1.72. The van der Waals surface area contributed by atoms with Gasteiger partial charge in [0.05, 0.1) is 22.8 Å². The lowest BCUT2D eigenvalue weighted by atomic mass is 10.1. The highest BCUT2D eigenvalue weighted by atomic mass is 15.4. The standard InChI is InChI=1S/2C9H17N3/c2*1-6(2)9-8(5)12(7(3)4)11-10-9/h2*6-7H,1-5H3. The molecule has 24 heavy (non-hydrogen) atoms. The topological polar surface area (TPSA) is 61.4 Å². The van der Waals surface area contributed by atoms with Gasteiger partial charge in [0.2, 0.25) is 0 Å². The summed E-state index contributed by atoms with van der Waals surface area (Å²) < 4.78 is 3.94. The summed E-state index contributed by atoms with van der Waals surface area (Å²) in [5.74, 6) is 0.940. The fraction of sp³-hybridized carbons (Fsp3) is 0.778. The fourth-order valence-corrected chi connectivity index (χ4v) is 2.75. The molecule has 0 N–H and O–H groups in total. The molecule has 0 aliphatic heterocycles. The van der Waals surface area contributed by atoms with E-state index < -0.39 is 0 Å². The van der Waals surface area contributed by atoms with E-state index in [4.69, 9.17) is 0 Å². The summed E-state index contributed by atoms with van der Waals surface area (Å²) >= 11 is 0. The van der Waals surface area contributed by atoms with Crippen LogP contribution in [-0.2, 0) is 0 Å². The van der Waals surface area contributed by atoms with Crippen LogP contribution in [0.4, 0.5) is 0 Å². The van der Waals surface area contributed by atoms with Crippen LogP contribution < -0.4 is 0 Å². The van der Waals surface area contributed by atoms with Crippen molar-refractivity contribution in [3.63, 3.8) is 0 Å². The van der Waals surface area contributed by atoms with Crippen LogP contribution in [-0.4, -0.2) is 30.0 Å². The van der Waals surface area contributed by atoms with Gasteiger partial charge in [0, 0.05) is 12.1 Å². The molecule has 2 rings (SSSR count).